The van der Waals surface area contributed by atoms with Crippen molar-refractivity contribution in [3.63, 3.8) is 0 Å². The maximum Gasteiger partial charge on any atom is 0.336 e. The quantitative estimate of drug-likeness (QED) is 0.101. The predicted molar refractivity (Wildman–Crippen MR) is 142 cm³/mol. The number of carbonyl (C=O) groups is 1. The molecule has 0 radical (unpaired) electrons. The van der Waals surface area contributed by atoms with Crippen LogP contribution in [0.5, 0.6) is 5.75 Å². The zero-order valence-electron chi connectivity index (χ0n) is 20.7. The second kappa shape index (κ2) is 14.9. The van der Waals surface area contributed by atoms with Crippen LogP contribution in [0, 0.1) is 5.92 Å². The summed E-state index contributed by atoms with van der Waals surface area (Å²) in [6.45, 7) is 2.51. The first-order valence-corrected chi connectivity index (χ1v) is 12.9. The van der Waals surface area contributed by atoms with Gasteiger partial charge in [-0.15, -0.1) is 0 Å². The minimum atomic E-state index is -1.73. The van der Waals surface area contributed by atoms with E-state index < -0.39 is 34.7 Å². The highest BCUT2D eigenvalue weighted by molar-refractivity contribution is 6.67. The Morgan fingerprint density at radius 1 is 0.973 bits per heavy atom. The van der Waals surface area contributed by atoms with E-state index in [-0.39, 0.29) is 19.3 Å². The van der Waals surface area contributed by atoms with Gasteiger partial charge in [0.25, 0.3) is 0 Å². The Morgan fingerprint density at radius 3 is 2.32 bits per heavy atom. The summed E-state index contributed by atoms with van der Waals surface area (Å²) < 4.78 is 32.0. The van der Waals surface area contributed by atoms with Crippen LogP contribution in [0.4, 0.5) is 0 Å². The molecule has 7 nitrogen and oxygen atoms in total. The second-order valence-electron chi connectivity index (χ2n) is 8.48. The fourth-order valence-electron chi connectivity index (χ4n) is 3.56. The SMILES string of the molecule is COc1ccc(COCO[C@@H](C)[C@H]2C=C[C@@H](COCc3ccccc3)[C@@H](C(=O)OCC(Cl)(Cl)Cl)O2)cc1. The molecule has 37 heavy (non-hydrogen) atoms. The number of halogens is 3. The molecule has 1 aliphatic heterocycles. The lowest BCUT2D eigenvalue weighted by Gasteiger charge is -2.33. The van der Waals surface area contributed by atoms with Gasteiger partial charge in [0.1, 0.15) is 25.3 Å². The van der Waals surface area contributed by atoms with Crippen molar-refractivity contribution >= 4 is 40.8 Å². The standard InChI is InChI=1S/C27H31Cl3O7/c1-19(36-18-34-15-21-8-11-23(32-2)12-9-21)24-13-10-22(16-33-14-20-6-4-3-5-7-20)25(37-24)26(31)35-17-27(28,29)30/h3-13,19,22,24-25H,14-18H2,1-2H3/t19-,22-,24+,25-/m0/s1. The van der Waals surface area contributed by atoms with Crippen LogP contribution in [0.25, 0.3) is 0 Å². The van der Waals surface area contributed by atoms with E-state index in [2.05, 4.69) is 0 Å². The lowest BCUT2D eigenvalue weighted by Crippen LogP contribution is -2.45. The molecule has 0 aliphatic carbocycles. The minimum Gasteiger partial charge on any atom is -0.497 e. The fraction of sp³-hybridized carbons (Fsp3) is 0.444. The number of ether oxygens (including phenoxy) is 6. The van der Waals surface area contributed by atoms with Crippen molar-refractivity contribution in [3.8, 4) is 5.75 Å². The number of rotatable bonds is 13. The molecule has 0 unspecified atom stereocenters. The third-order valence-corrected chi connectivity index (χ3v) is 5.90. The number of esters is 1. The zero-order valence-corrected chi connectivity index (χ0v) is 23.0. The molecular formula is C27H31Cl3O7. The van der Waals surface area contributed by atoms with Crippen LogP contribution >= 0.6 is 34.8 Å². The number of carbonyl (C=O) groups excluding carboxylic acids is 1. The highest BCUT2D eigenvalue weighted by atomic mass is 35.6. The first kappa shape index (κ1) is 29.7. The fourth-order valence-corrected chi connectivity index (χ4v) is 3.73. The molecule has 1 heterocycles. The van der Waals surface area contributed by atoms with Crippen molar-refractivity contribution in [2.24, 2.45) is 5.92 Å². The van der Waals surface area contributed by atoms with E-state index in [0.717, 1.165) is 16.9 Å². The van der Waals surface area contributed by atoms with Crippen LogP contribution in [-0.4, -0.2) is 55.2 Å². The number of alkyl halides is 3. The van der Waals surface area contributed by atoms with Crippen LogP contribution in [0.1, 0.15) is 18.1 Å². The normalized spacial score (nSPS) is 20.4. The number of hydrogen-bond donors (Lipinski definition) is 0. The van der Waals surface area contributed by atoms with Gasteiger partial charge in [-0.05, 0) is 30.2 Å². The third kappa shape index (κ3) is 10.4. The maximum absolute atomic E-state index is 12.8. The highest BCUT2D eigenvalue weighted by Crippen LogP contribution is 2.28. The average molecular weight is 574 g/mol. The average Bonchev–Trinajstić information content (AvgIpc) is 2.90. The Bertz CT molecular complexity index is 980. The molecule has 0 aromatic heterocycles. The Hall–Kier alpha value is -1.84. The highest BCUT2D eigenvalue weighted by Gasteiger charge is 2.37. The second-order valence-corrected chi connectivity index (χ2v) is 11.0. The van der Waals surface area contributed by atoms with Crippen molar-refractivity contribution in [3.05, 3.63) is 77.9 Å². The maximum atomic E-state index is 12.8. The van der Waals surface area contributed by atoms with E-state index in [0.29, 0.717) is 13.2 Å². The lowest BCUT2D eigenvalue weighted by molar-refractivity contribution is -0.178. The van der Waals surface area contributed by atoms with E-state index >= 15 is 0 Å². The van der Waals surface area contributed by atoms with Crippen molar-refractivity contribution in [1.29, 1.82) is 0 Å². The van der Waals surface area contributed by atoms with Crippen molar-refractivity contribution in [1.82, 2.24) is 0 Å². The van der Waals surface area contributed by atoms with Gasteiger partial charge in [-0.1, -0.05) is 89.4 Å². The van der Waals surface area contributed by atoms with Gasteiger partial charge < -0.3 is 28.4 Å². The van der Waals surface area contributed by atoms with Crippen LogP contribution in [0.2, 0.25) is 0 Å². The van der Waals surface area contributed by atoms with Crippen LogP contribution in [-0.2, 0) is 41.7 Å². The van der Waals surface area contributed by atoms with Crippen LogP contribution < -0.4 is 4.74 Å². The summed E-state index contributed by atoms with van der Waals surface area (Å²) in [5.41, 5.74) is 2.01. The lowest BCUT2D eigenvalue weighted by atomic mass is 9.97. The largest absolute Gasteiger partial charge is 0.497 e. The molecule has 4 atom stereocenters. The van der Waals surface area contributed by atoms with Gasteiger partial charge in [-0.3, -0.25) is 0 Å². The molecule has 0 saturated heterocycles. The molecule has 2 aromatic carbocycles. The molecule has 0 saturated carbocycles. The Balaban J connectivity index is 1.53. The van der Waals surface area contributed by atoms with Crippen LogP contribution in [0.3, 0.4) is 0 Å². The van der Waals surface area contributed by atoms with Crippen molar-refractivity contribution < 1.29 is 33.2 Å². The zero-order chi connectivity index (χ0) is 26.7. The molecule has 0 N–H and O–H groups in total. The first-order valence-electron chi connectivity index (χ1n) is 11.8. The molecule has 1 aliphatic rings. The number of benzene rings is 2. The Labute approximate surface area is 232 Å². The van der Waals surface area contributed by atoms with Gasteiger partial charge in [-0.2, -0.15) is 0 Å². The summed E-state index contributed by atoms with van der Waals surface area (Å²) in [4.78, 5) is 12.8. The number of methoxy groups -OCH3 is 1. The van der Waals surface area contributed by atoms with E-state index in [1.54, 1.807) is 7.11 Å². The van der Waals surface area contributed by atoms with Gasteiger partial charge in [-0.25, -0.2) is 4.79 Å². The van der Waals surface area contributed by atoms with Gasteiger partial charge in [0, 0.05) is 5.92 Å². The first-order chi connectivity index (χ1) is 17.7. The Kier molecular flexibility index (Phi) is 12.0. The predicted octanol–water partition coefficient (Wildman–Crippen LogP) is 5.64. The molecule has 0 bridgehead atoms. The molecule has 202 valence electrons. The molecule has 2 aromatic rings. The minimum absolute atomic E-state index is 0.0485. The molecule has 0 spiro atoms. The molecule has 0 amide bonds. The van der Waals surface area contributed by atoms with Gasteiger partial charge in [0.15, 0.2) is 6.10 Å². The van der Waals surface area contributed by atoms with E-state index in [1.165, 1.54) is 0 Å². The summed E-state index contributed by atoms with van der Waals surface area (Å²) in [7, 11) is 1.62. The Morgan fingerprint density at radius 2 is 1.65 bits per heavy atom. The molecular weight excluding hydrogens is 543 g/mol. The van der Waals surface area contributed by atoms with Gasteiger partial charge >= 0.3 is 5.97 Å². The molecule has 3 rings (SSSR count). The van der Waals surface area contributed by atoms with E-state index in [1.807, 2.05) is 73.7 Å². The van der Waals surface area contributed by atoms with Crippen LogP contribution in [0.15, 0.2) is 66.7 Å². The summed E-state index contributed by atoms with van der Waals surface area (Å²) in [5.74, 6) is -0.251. The van der Waals surface area contributed by atoms with Crippen molar-refractivity contribution in [2.75, 3.05) is 27.1 Å². The van der Waals surface area contributed by atoms with E-state index in [4.69, 9.17) is 63.2 Å². The topological polar surface area (TPSA) is 72.5 Å². The third-order valence-electron chi connectivity index (χ3n) is 5.58. The monoisotopic (exact) mass is 572 g/mol. The summed E-state index contributed by atoms with van der Waals surface area (Å²) >= 11 is 17.2. The summed E-state index contributed by atoms with van der Waals surface area (Å²) in [6.07, 6.45) is 1.86. The summed E-state index contributed by atoms with van der Waals surface area (Å²) in [6, 6.07) is 17.3. The van der Waals surface area contributed by atoms with Gasteiger partial charge in [0.05, 0.1) is 33.0 Å². The van der Waals surface area contributed by atoms with E-state index in [9.17, 15) is 4.79 Å². The molecule has 10 heteroatoms. The van der Waals surface area contributed by atoms with Gasteiger partial charge in [0.2, 0.25) is 3.79 Å². The summed E-state index contributed by atoms with van der Waals surface area (Å²) in [5, 5.41) is 0. The molecule has 0 fully saturated rings. The number of hydrogen-bond acceptors (Lipinski definition) is 7. The van der Waals surface area contributed by atoms with Crippen molar-refractivity contribution in [2.45, 2.75) is 42.2 Å². The smallest absolute Gasteiger partial charge is 0.336 e.